The second kappa shape index (κ2) is 4.39. The Morgan fingerprint density at radius 3 is 2.81 bits per heavy atom. The smallest absolute Gasteiger partial charge is 0.267 e. The van der Waals surface area contributed by atoms with Crippen LogP contribution in [0.25, 0.3) is 5.70 Å². The number of hydrogen-bond donors (Lipinski definition) is 2. The number of nitrogens with zero attached hydrogens (tertiary/aromatic N) is 2. The molecule has 1 amide bonds. The summed E-state index contributed by atoms with van der Waals surface area (Å²) in [5, 5.41) is 2.78. The molecule has 1 radical (unpaired) electrons. The van der Waals surface area contributed by atoms with Gasteiger partial charge < -0.3 is 11.1 Å². The number of allylic oxidation sites excluding steroid dienone is 1. The van der Waals surface area contributed by atoms with Crippen LogP contribution in [0.3, 0.4) is 0 Å². The highest BCUT2D eigenvalue weighted by molar-refractivity contribution is 6.01. The lowest BCUT2D eigenvalue weighted by Crippen LogP contribution is -2.23. The molecule has 0 bridgehead atoms. The fourth-order valence-electron chi connectivity index (χ4n) is 1.29. The number of rotatable bonds is 2. The van der Waals surface area contributed by atoms with Crippen LogP contribution < -0.4 is 11.1 Å². The molecule has 5 heteroatoms. The van der Waals surface area contributed by atoms with Gasteiger partial charge in [-0.2, -0.15) is 0 Å². The first kappa shape index (κ1) is 10.1. The molecule has 0 aromatic carbocycles. The lowest BCUT2D eigenvalue weighted by atomic mass is 10.1. The van der Waals surface area contributed by atoms with E-state index in [0.717, 1.165) is 5.56 Å². The van der Waals surface area contributed by atoms with Crippen molar-refractivity contribution in [2.75, 3.05) is 0 Å². The third kappa shape index (κ3) is 1.98. The first-order chi connectivity index (χ1) is 7.79. The van der Waals surface area contributed by atoms with Gasteiger partial charge in [0.25, 0.3) is 5.91 Å². The molecule has 2 heterocycles. The highest BCUT2D eigenvalue weighted by Gasteiger charge is 2.13. The maximum absolute atomic E-state index is 11.3. The Labute approximate surface area is 92.4 Å². The topological polar surface area (TPSA) is 80.4 Å². The van der Waals surface area contributed by atoms with Gasteiger partial charge in [0.15, 0.2) is 0 Å². The minimum Gasteiger partial charge on any atom is -0.364 e. The summed E-state index contributed by atoms with van der Waals surface area (Å²) >= 11 is 0. The Hall–Kier alpha value is -2.43. The number of aromatic nitrogens is 1. The summed E-state index contributed by atoms with van der Waals surface area (Å²) in [4.78, 5) is 19.2. The molecule has 0 atom stereocenters. The van der Waals surface area contributed by atoms with Gasteiger partial charge in [0.1, 0.15) is 11.4 Å². The zero-order chi connectivity index (χ0) is 11.4. The molecule has 1 aromatic rings. The largest absolute Gasteiger partial charge is 0.364 e. The predicted molar refractivity (Wildman–Crippen MR) is 60.1 cm³/mol. The average Bonchev–Trinajstić information content (AvgIpc) is 2.55. The summed E-state index contributed by atoms with van der Waals surface area (Å²) in [6.45, 7) is 0. The normalized spacial score (nSPS) is 14.5. The molecule has 1 aliphatic heterocycles. The summed E-state index contributed by atoms with van der Waals surface area (Å²) in [6, 6.07) is 3.49. The van der Waals surface area contributed by atoms with E-state index in [2.05, 4.69) is 21.5 Å². The van der Waals surface area contributed by atoms with Crippen molar-refractivity contribution >= 4 is 17.8 Å². The van der Waals surface area contributed by atoms with Gasteiger partial charge in [0.05, 0.1) is 6.21 Å². The Morgan fingerprint density at radius 2 is 2.12 bits per heavy atom. The van der Waals surface area contributed by atoms with Gasteiger partial charge in [-0.1, -0.05) is 0 Å². The van der Waals surface area contributed by atoms with E-state index in [0.29, 0.717) is 5.70 Å². The van der Waals surface area contributed by atoms with Gasteiger partial charge in [0.2, 0.25) is 0 Å². The third-order valence-corrected chi connectivity index (χ3v) is 2.00. The number of nitrogens with two attached hydrogens (primary N) is 1. The number of amides is 1. The van der Waals surface area contributed by atoms with Gasteiger partial charge in [-0.15, -0.1) is 0 Å². The zero-order valence-corrected chi connectivity index (χ0v) is 8.34. The van der Waals surface area contributed by atoms with Crippen LogP contribution in [0.4, 0.5) is 0 Å². The second-order valence-electron chi connectivity index (χ2n) is 3.04. The molecule has 0 fully saturated rings. The molecule has 0 aliphatic carbocycles. The van der Waals surface area contributed by atoms with Crippen LogP contribution >= 0.6 is 0 Å². The van der Waals surface area contributed by atoms with E-state index < -0.39 is 5.91 Å². The molecule has 3 N–H and O–H groups in total. The minimum atomic E-state index is -0.566. The molecular formula is C11H9N4O. The molecular weight excluding hydrogens is 204 g/mol. The van der Waals surface area contributed by atoms with E-state index in [-0.39, 0.29) is 5.70 Å². The molecule has 0 saturated carbocycles. The van der Waals surface area contributed by atoms with Gasteiger partial charge in [-0.05, 0) is 18.2 Å². The van der Waals surface area contributed by atoms with Crippen molar-refractivity contribution < 1.29 is 4.79 Å². The Bertz CT molecular complexity index is 488. The van der Waals surface area contributed by atoms with Crippen LogP contribution in [0.5, 0.6) is 0 Å². The number of primary amides is 1. The molecule has 1 aromatic heterocycles. The van der Waals surface area contributed by atoms with Gasteiger partial charge in [-0.25, -0.2) is 4.99 Å². The van der Waals surface area contributed by atoms with Gasteiger partial charge >= 0.3 is 0 Å². The van der Waals surface area contributed by atoms with Crippen LogP contribution in [-0.2, 0) is 4.79 Å². The minimum absolute atomic E-state index is 0.243. The van der Waals surface area contributed by atoms with E-state index in [4.69, 9.17) is 5.73 Å². The predicted octanol–water partition coefficient (Wildman–Crippen LogP) is 0.300. The third-order valence-electron chi connectivity index (χ3n) is 2.00. The fraction of sp³-hybridized carbons (Fsp3) is 0. The molecule has 2 rings (SSSR count). The maximum Gasteiger partial charge on any atom is 0.267 e. The maximum atomic E-state index is 11.3. The van der Waals surface area contributed by atoms with Crippen LogP contribution in [0.1, 0.15) is 5.56 Å². The Morgan fingerprint density at radius 1 is 1.38 bits per heavy atom. The van der Waals surface area contributed by atoms with E-state index in [9.17, 15) is 4.79 Å². The number of pyridine rings is 1. The first-order valence-corrected chi connectivity index (χ1v) is 4.61. The van der Waals surface area contributed by atoms with E-state index in [1.807, 2.05) is 0 Å². The van der Waals surface area contributed by atoms with Crippen LogP contribution in [0, 0.1) is 0 Å². The summed E-state index contributed by atoms with van der Waals surface area (Å²) < 4.78 is 0. The van der Waals surface area contributed by atoms with Crippen molar-refractivity contribution in [2.45, 2.75) is 0 Å². The first-order valence-electron chi connectivity index (χ1n) is 4.61. The van der Waals surface area contributed by atoms with E-state index in [1.165, 1.54) is 0 Å². The molecule has 1 aliphatic rings. The number of hydrogen-bond acceptors (Lipinski definition) is 4. The Balaban J connectivity index is 2.53. The summed E-state index contributed by atoms with van der Waals surface area (Å²) in [5.74, 6) is -0.566. The monoisotopic (exact) mass is 213 g/mol. The van der Waals surface area contributed by atoms with Crippen LogP contribution in [-0.4, -0.2) is 17.1 Å². The van der Waals surface area contributed by atoms with E-state index in [1.54, 1.807) is 36.8 Å². The molecule has 0 unspecified atom stereocenters. The van der Waals surface area contributed by atoms with Crippen LogP contribution in [0.2, 0.25) is 0 Å². The summed E-state index contributed by atoms with van der Waals surface area (Å²) in [7, 11) is 0. The number of carbonyl (C=O) groups excluding carboxylic acids is 1. The number of aliphatic imine (C=N–C) groups is 1. The molecule has 79 valence electrons. The SMILES string of the molecule is NC(=O)C1=C(c2ccncc2)N=[C]C=CN1. The average molecular weight is 213 g/mol. The zero-order valence-electron chi connectivity index (χ0n) is 8.34. The lowest BCUT2D eigenvalue weighted by molar-refractivity contribution is -0.114. The molecule has 5 nitrogen and oxygen atoms in total. The van der Waals surface area contributed by atoms with E-state index >= 15 is 0 Å². The second-order valence-corrected chi connectivity index (χ2v) is 3.04. The van der Waals surface area contributed by atoms with Crippen molar-refractivity contribution in [3.8, 4) is 0 Å². The molecule has 0 saturated heterocycles. The highest BCUT2D eigenvalue weighted by atomic mass is 16.1. The number of nitrogens with one attached hydrogen (secondary N) is 1. The standard InChI is InChI=1S/C11H9N4O/c12-11(16)10-9(14-4-1-5-15-10)8-2-6-13-7-3-8/h1-3,5-7,15H,(H2,12,16). The van der Waals surface area contributed by atoms with Crippen molar-refractivity contribution in [1.82, 2.24) is 10.3 Å². The van der Waals surface area contributed by atoms with Gasteiger partial charge in [0, 0.05) is 24.2 Å². The highest BCUT2D eigenvalue weighted by Crippen LogP contribution is 2.18. The molecule has 0 spiro atoms. The quantitative estimate of drug-likeness (QED) is 0.741. The summed E-state index contributed by atoms with van der Waals surface area (Å²) in [6.07, 6.45) is 9.04. The van der Waals surface area contributed by atoms with Crippen molar-refractivity contribution in [1.29, 1.82) is 0 Å². The van der Waals surface area contributed by atoms with Crippen molar-refractivity contribution in [3.63, 3.8) is 0 Å². The fourth-order valence-corrected chi connectivity index (χ4v) is 1.29. The van der Waals surface area contributed by atoms with Crippen LogP contribution in [0.15, 0.2) is 47.5 Å². The Kier molecular flexibility index (Phi) is 2.77. The molecule has 16 heavy (non-hydrogen) atoms. The number of carbonyl (C=O) groups is 1. The van der Waals surface area contributed by atoms with Crippen molar-refractivity contribution in [2.24, 2.45) is 10.7 Å². The lowest BCUT2D eigenvalue weighted by Gasteiger charge is -2.07. The van der Waals surface area contributed by atoms with Crippen molar-refractivity contribution in [3.05, 3.63) is 48.1 Å². The summed E-state index contributed by atoms with van der Waals surface area (Å²) in [5.41, 5.74) is 6.73. The van der Waals surface area contributed by atoms with Gasteiger partial charge in [-0.3, -0.25) is 9.78 Å².